The van der Waals surface area contributed by atoms with Crippen LogP contribution in [0.15, 0.2) is 0 Å². The second-order valence-corrected chi connectivity index (χ2v) is 7.98. The molecule has 1 aliphatic heterocycles. The van der Waals surface area contributed by atoms with Gasteiger partial charge in [-0.1, -0.05) is 0 Å². The monoisotopic (exact) mass is 310 g/mol. The van der Waals surface area contributed by atoms with Crippen LogP contribution in [0.25, 0.3) is 0 Å². The molecule has 2 aliphatic rings. The maximum atomic E-state index is 11.8. The van der Waals surface area contributed by atoms with Crippen molar-refractivity contribution >= 4 is 28.2 Å². The highest BCUT2D eigenvalue weighted by molar-refractivity contribution is 7.90. The van der Waals surface area contributed by atoms with Crippen LogP contribution >= 0.6 is 12.4 Å². The molecule has 1 unspecified atom stereocenters. The summed E-state index contributed by atoms with van der Waals surface area (Å²) in [5.41, 5.74) is -0.263. The third-order valence-electron chi connectivity index (χ3n) is 3.77. The molecule has 0 aromatic carbocycles. The van der Waals surface area contributed by atoms with E-state index in [0.29, 0.717) is 19.0 Å². The molecule has 0 aromatic rings. The van der Waals surface area contributed by atoms with Crippen LogP contribution in [-0.2, 0) is 14.6 Å². The predicted molar refractivity (Wildman–Crippen MR) is 77.3 cm³/mol. The quantitative estimate of drug-likeness (QED) is 0.749. The number of halogens is 1. The third-order valence-corrected chi connectivity index (χ3v) is 4.91. The molecule has 0 aromatic heterocycles. The molecule has 1 atom stereocenters. The topological polar surface area (TPSA) is 75.3 Å². The largest absolute Gasteiger partial charge is 0.355 e. The van der Waals surface area contributed by atoms with E-state index < -0.39 is 9.84 Å². The van der Waals surface area contributed by atoms with E-state index in [2.05, 4.69) is 10.6 Å². The summed E-state index contributed by atoms with van der Waals surface area (Å²) >= 11 is 0. The van der Waals surface area contributed by atoms with E-state index in [4.69, 9.17) is 0 Å². The van der Waals surface area contributed by atoms with Crippen molar-refractivity contribution in [1.82, 2.24) is 10.6 Å². The summed E-state index contributed by atoms with van der Waals surface area (Å²) in [6, 6.07) is 0.388. The summed E-state index contributed by atoms with van der Waals surface area (Å²) in [6.07, 6.45) is 5.58. The Balaban J connectivity index is 0.00000180. The molecule has 19 heavy (non-hydrogen) atoms. The third kappa shape index (κ3) is 5.67. The molecule has 7 heteroatoms. The van der Waals surface area contributed by atoms with Crippen molar-refractivity contribution in [3.8, 4) is 0 Å². The van der Waals surface area contributed by atoms with E-state index in [1.165, 1.54) is 12.7 Å². The Labute approximate surface area is 121 Å². The molecule has 1 saturated carbocycles. The molecular weight excluding hydrogens is 288 g/mol. The number of amides is 1. The normalized spacial score (nSPS) is 24.6. The maximum Gasteiger partial charge on any atom is 0.220 e. The van der Waals surface area contributed by atoms with Gasteiger partial charge in [-0.2, -0.15) is 0 Å². The molecule has 112 valence electrons. The van der Waals surface area contributed by atoms with Gasteiger partial charge in [-0.15, -0.1) is 12.4 Å². The van der Waals surface area contributed by atoms with Crippen molar-refractivity contribution < 1.29 is 13.2 Å². The smallest absolute Gasteiger partial charge is 0.220 e. The van der Waals surface area contributed by atoms with Crippen molar-refractivity contribution in [2.75, 3.05) is 25.1 Å². The zero-order valence-electron chi connectivity index (χ0n) is 11.3. The molecule has 5 nitrogen and oxygen atoms in total. The van der Waals surface area contributed by atoms with Gasteiger partial charge in [0.1, 0.15) is 9.84 Å². The lowest BCUT2D eigenvalue weighted by Crippen LogP contribution is -2.38. The summed E-state index contributed by atoms with van der Waals surface area (Å²) in [4.78, 5) is 11.8. The second-order valence-electron chi connectivity index (χ2n) is 5.84. The second kappa shape index (κ2) is 6.41. The number of nitrogens with one attached hydrogen (secondary N) is 2. The van der Waals surface area contributed by atoms with E-state index in [9.17, 15) is 13.2 Å². The van der Waals surface area contributed by atoms with E-state index >= 15 is 0 Å². The van der Waals surface area contributed by atoms with Gasteiger partial charge in [-0.25, -0.2) is 8.42 Å². The van der Waals surface area contributed by atoms with Crippen LogP contribution in [-0.4, -0.2) is 45.5 Å². The zero-order valence-corrected chi connectivity index (χ0v) is 12.9. The van der Waals surface area contributed by atoms with Gasteiger partial charge in [0.05, 0.1) is 5.75 Å². The fraction of sp³-hybridized carbons (Fsp3) is 0.917. The van der Waals surface area contributed by atoms with Crippen LogP contribution in [0, 0.1) is 5.41 Å². The molecule has 1 aliphatic carbocycles. The van der Waals surface area contributed by atoms with Crippen molar-refractivity contribution in [3.05, 3.63) is 0 Å². The number of rotatable bonds is 6. The molecule has 1 amide bonds. The molecule has 1 saturated heterocycles. The molecule has 2 rings (SSSR count). The summed E-state index contributed by atoms with van der Waals surface area (Å²) in [7, 11) is -2.99. The van der Waals surface area contributed by atoms with Gasteiger partial charge in [-0.3, -0.25) is 4.79 Å². The van der Waals surface area contributed by atoms with Crippen LogP contribution < -0.4 is 10.6 Å². The Kier molecular flexibility index (Phi) is 5.65. The minimum absolute atomic E-state index is 0. The van der Waals surface area contributed by atoms with E-state index in [0.717, 1.165) is 25.8 Å². The molecule has 0 bridgehead atoms. The van der Waals surface area contributed by atoms with Crippen molar-refractivity contribution in [2.24, 2.45) is 5.41 Å². The SMILES string of the molecule is CS(=O)(=O)CC1(CC(=O)NCC2CCCN2)CC1.Cl. The first-order chi connectivity index (χ1) is 8.39. The lowest BCUT2D eigenvalue weighted by atomic mass is 10.1. The maximum absolute atomic E-state index is 11.8. The summed E-state index contributed by atoms with van der Waals surface area (Å²) in [5.74, 6) is 0.139. The van der Waals surface area contributed by atoms with Gasteiger partial charge in [0.15, 0.2) is 0 Å². The minimum Gasteiger partial charge on any atom is -0.355 e. The van der Waals surface area contributed by atoms with Crippen molar-refractivity contribution in [3.63, 3.8) is 0 Å². The highest BCUT2D eigenvalue weighted by atomic mass is 35.5. The van der Waals surface area contributed by atoms with Crippen molar-refractivity contribution in [1.29, 1.82) is 0 Å². The summed E-state index contributed by atoms with van der Waals surface area (Å²) < 4.78 is 22.6. The molecule has 0 spiro atoms. The van der Waals surface area contributed by atoms with Crippen LogP contribution in [0.5, 0.6) is 0 Å². The first-order valence-electron chi connectivity index (χ1n) is 6.56. The first-order valence-corrected chi connectivity index (χ1v) is 8.62. The summed E-state index contributed by atoms with van der Waals surface area (Å²) in [6.45, 7) is 1.69. The van der Waals surface area contributed by atoms with Gasteiger partial charge in [0.25, 0.3) is 0 Å². The average Bonchev–Trinajstić information content (AvgIpc) is 2.80. The molecule has 1 heterocycles. The van der Waals surface area contributed by atoms with Crippen LogP contribution in [0.4, 0.5) is 0 Å². The van der Waals surface area contributed by atoms with E-state index in [-0.39, 0.29) is 29.5 Å². The lowest BCUT2D eigenvalue weighted by Gasteiger charge is -2.15. The van der Waals surface area contributed by atoms with Gasteiger partial charge < -0.3 is 10.6 Å². The Bertz CT molecular complexity index is 415. The molecule has 0 radical (unpaired) electrons. The number of hydrogen-bond acceptors (Lipinski definition) is 4. The Hall–Kier alpha value is -0.330. The molecular formula is C12H23ClN2O3S. The predicted octanol–water partition coefficient (Wildman–Crippen LogP) is 0.491. The number of carbonyl (C=O) groups is 1. The summed E-state index contributed by atoms with van der Waals surface area (Å²) in [5, 5.41) is 6.23. The number of hydrogen-bond donors (Lipinski definition) is 2. The molecule has 2 fully saturated rings. The minimum atomic E-state index is -2.99. The fourth-order valence-electron chi connectivity index (χ4n) is 2.68. The average molecular weight is 311 g/mol. The van der Waals surface area contributed by atoms with Crippen LogP contribution in [0.1, 0.15) is 32.1 Å². The Morgan fingerprint density at radius 2 is 2.11 bits per heavy atom. The van der Waals surface area contributed by atoms with E-state index in [1.54, 1.807) is 0 Å². The van der Waals surface area contributed by atoms with Gasteiger partial charge >= 0.3 is 0 Å². The van der Waals surface area contributed by atoms with E-state index in [1.807, 2.05) is 0 Å². The number of sulfone groups is 1. The van der Waals surface area contributed by atoms with Crippen LogP contribution in [0.2, 0.25) is 0 Å². The Morgan fingerprint density at radius 3 is 2.58 bits per heavy atom. The van der Waals surface area contributed by atoms with Gasteiger partial charge in [-0.05, 0) is 37.6 Å². The standard InChI is InChI=1S/C12H22N2O3S.ClH/c1-18(16,17)9-12(4-5-12)7-11(15)14-8-10-3-2-6-13-10;/h10,13H,2-9H2,1H3,(H,14,15);1H. The number of carbonyl (C=O) groups excluding carboxylic acids is 1. The fourth-order valence-corrected chi connectivity index (χ4v) is 4.18. The molecule has 2 N–H and O–H groups in total. The highest BCUT2D eigenvalue weighted by Crippen LogP contribution is 2.49. The van der Waals surface area contributed by atoms with Crippen molar-refractivity contribution in [2.45, 2.75) is 38.1 Å². The van der Waals surface area contributed by atoms with Gasteiger partial charge in [0.2, 0.25) is 5.91 Å². The van der Waals surface area contributed by atoms with Gasteiger partial charge in [0, 0.05) is 25.3 Å². The highest BCUT2D eigenvalue weighted by Gasteiger charge is 2.46. The first kappa shape index (κ1) is 16.7. The lowest BCUT2D eigenvalue weighted by molar-refractivity contribution is -0.122. The van der Waals surface area contributed by atoms with Crippen LogP contribution in [0.3, 0.4) is 0 Å². The zero-order chi connectivity index (χ0) is 13.2. The Morgan fingerprint density at radius 1 is 1.42 bits per heavy atom.